The number of nitrogens with one attached hydrogen (secondary N) is 1. The molecule has 1 N–H and O–H groups in total. The van der Waals surface area contributed by atoms with Crippen molar-refractivity contribution in [2.45, 2.75) is 39.3 Å². The molecule has 0 aliphatic carbocycles. The number of nitrogens with zero attached hydrogens (tertiary/aromatic N) is 3. The lowest BCUT2D eigenvalue weighted by Gasteiger charge is -2.38. The number of para-hydroxylation sites is 2. The summed E-state index contributed by atoms with van der Waals surface area (Å²) in [6, 6.07) is 7.71. The van der Waals surface area contributed by atoms with E-state index in [-0.39, 0.29) is 30.5 Å². The van der Waals surface area contributed by atoms with Gasteiger partial charge in [0.05, 0.1) is 11.0 Å². The maximum absolute atomic E-state index is 12.8. The molecule has 0 atom stereocenters. The monoisotopic (exact) mass is 378 g/mol. The third-order valence-corrected chi connectivity index (χ3v) is 6.04. The normalized spacial score (nSPS) is 19.0. The van der Waals surface area contributed by atoms with E-state index in [1.54, 1.807) is 9.13 Å². The van der Waals surface area contributed by atoms with Gasteiger partial charge in [-0.15, -0.1) is 12.4 Å². The van der Waals surface area contributed by atoms with Gasteiger partial charge in [0.25, 0.3) is 0 Å². The Morgan fingerprint density at radius 3 is 2.35 bits per heavy atom. The molecule has 7 heteroatoms. The van der Waals surface area contributed by atoms with Gasteiger partial charge in [-0.2, -0.15) is 0 Å². The van der Waals surface area contributed by atoms with E-state index in [0.717, 1.165) is 50.1 Å². The van der Waals surface area contributed by atoms with Crippen LogP contribution < -0.4 is 11.0 Å². The maximum atomic E-state index is 12.8. The average molecular weight is 379 g/mol. The first-order chi connectivity index (χ1) is 12.1. The van der Waals surface area contributed by atoms with E-state index in [2.05, 4.69) is 5.32 Å². The van der Waals surface area contributed by atoms with Crippen LogP contribution in [0.15, 0.2) is 29.1 Å². The van der Waals surface area contributed by atoms with Crippen LogP contribution in [0.25, 0.3) is 11.0 Å². The van der Waals surface area contributed by atoms with Crippen LogP contribution in [-0.2, 0) is 17.9 Å². The van der Waals surface area contributed by atoms with Crippen molar-refractivity contribution in [3.63, 3.8) is 0 Å². The highest BCUT2D eigenvalue weighted by Gasteiger charge is 2.38. The Bertz CT molecular complexity index is 841. The van der Waals surface area contributed by atoms with Crippen molar-refractivity contribution in [2.24, 2.45) is 5.41 Å². The van der Waals surface area contributed by atoms with E-state index in [4.69, 9.17) is 0 Å². The minimum absolute atomic E-state index is 0. The molecule has 4 rings (SSSR count). The van der Waals surface area contributed by atoms with E-state index in [1.807, 2.05) is 36.1 Å². The van der Waals surface area contributed by atoms with Crippen LogP contribution in [0.1, 0.15) is 26.2 Å². The first-order valence-corrected chi connectivity index (χ1v) is 9.30. The molecule has 142 valence electrons. The highest BCUT2D eigenvalue weighted by atomic mass is 35.5. The Hall–Kier alpha value is -1.79. The largest absolute Gasteiger partial charge is 0.341 e. The lowest BCUT2D eigenvalue weighted by atomic mass is 9.78. The molecule has 3 heterocycles. The summed E-state index contributed by atoms with van der Waals surface area (Å²) in [5, 5.41) is 3.45. The third kappa shape index (κ3) is 3.16. The van der Waals surface area contributed by atoms with Crippen LogP contribution in [0.2, 0.25) is 0 Å². The SMILES string of the molecule is CCn1c(=O)n(CC(=O)N2CCC3(CCNC3)CC2)c2ccccc21.Cl. The molecule has 6 nitrogen and oxygen atoms in total. The van der Waals surface area contributed by atoms with E-state index in [0.29, 0.717) is 12.0 Å². The molecule has 0 saturated carbocycles. The molecule has 2 aliphatic heterocycles. The molecular formula is C19H27ClN4O2. The van der Waals surface area contributed by atoms with Crippen LogP contribution in [0.4, 0.5) is 0 Å². The zero-order valence-electron chi connectivity index (χ0n) is 15.2. The second kappa shape index (κ2) is 7.45. The predicted molar refractivity (Wildman–Crippen MR) is 105 cm³/mol. The van der Waals surface area contributed by atoms with Crippen molar-refractivity contribution in [1.82, 2.24) is 19.4 Å². The first kappa shape index (κ1) is 19.0. The molecule has 0 radical (unpaired) electrons. The number of aromatic nitrogens is 2. The van der Waals surface area contributed by atoms with Crippen LogP contribution in [0, 0.1) is 5.41 Å². The molecule has 2 saturated heterocycles. The molecule has 26 heavy (non-hydrogen) atoms. The second-order valence-electron chi connectivity index (χ2n) is 7.41. The van der Waals surface area contributed by atoms with Gasteiger partial charge in [0.2, 0.25) is 5.91 Å². The van der Waals surface area contributed by atoms with Crippen LogP contribution in [0.3, 0.4) is 0 Å². The van der Waals surface area contributed by atoms with Gasteiger partial charge in [-0.05, 0) is 50.3 Å². The van der Waals surface area contributed by atoms with Gasteiger partial charge in [0, 0.05) is 26.2 Å². The molecule has 1 aromatic carbocycles. The second-order valence-corrected chi connectivity index (χ2v) is 7.41. The van der Waals surface area contributed by atoms with E-state index in [9.17, 15) is 9.59 Å². The van der Waals surface area contributed by atoms with Gasteiger partial charge in [-0.25, -0.2) is 4.79 Å². The van der Waals surface area contributed by atoms with Gasteiger partial charge in [-0.3, -0.25) is 13.9 Å². The Morgan fingerprint density at radius 1 is 1.12 bits per heavy atom. The van der Waals surface area contributed by atoms with Crippen molar-refractivity contribution in [2.75, 3.05) is 26.2 Å². The summed E-state index contributed by atoms with van der Waals surface area (Å²) in [4.78, 5) is 27.4. The van der Waals surface area contributed by atoms with Gasteiger partial charge < -0.3 is 10.2 Å². The number of amides is 1. The Labute approximate surface area is 159 Å². The first-order valence-electron chi connectivity index (χ1n) is 9.30. The Balaban J connectivity index is 0.00000196. The summed E-state index contributed by atoms with van der Waals surface area (Å²) in [5.74, 6) is 0.0573. The average Bonchev–Trinajstić information content (AvgIpc) is 3.19. The standard InChI is InChI=1S/C19H26N4O2.ClH/c1-2-22-15-5-3-4-6-16(15)23(18(22)25)13-17(24)21-11-8-19(9-12-21)7-10-20-14-19;/h3-6,20H,2,7-14H2,1H3;1H. The molecule has 1 amide bonds. The van der Waals surface area contributed by atoms with Crippen molar-refractivity contribution in [1.29, 1.82) is 0 Å². The molecule has 1 aromatic heterocycles. The smallest absolute Gasteiger partial charge is 0.329 e. The minimum atomic E-state index is -0.0921. The zero-order valence-corrected chi connectivity index (χ0v) is 16.1. The number of rotatable bonds is 3. The van der Waals surface area contributed by atoms with E-state index in [1.165, 1.54) is 6.42 Å². The summed E-state index contributed by atoms with van der Waals surface area (Å²) in [5.41, 5.74) is 2.05. The number of piperidine rings is 1. The van der Waals surface area contributed by atoms with Crippen LogP contribution >= 0.6 is 12.4 Å². The maximum Gasteiger partial charge on any atom is 0.329 e. The number of fused-ring (bicyclic) bond motifs is 1. The summed E-state index contributed by atoms with van der Waals surface area (Å²) in [7, 11) is 0. The molecule has 2 aromatic rings. The fourth-order valence-corrected chi connectivity index (χ4v) is 4.42. The van der Waals surface area contributed by atoms with Crippen molar-refractivity contribution in [3.05, 3.63) is 34.7 Å². The highest BCUT2D eigenvalue weighted by molar-refractivity contribution is 5.85. The lowest BCUT2D eigenvalue weighted by Crippen LogP contribution is -2.45. The number of aryl methyl sites for hydroxylation is 1. The number of halogens is 1. The molecule has 2 aliphatic rings. The molecule has 2 fully saturated rings. The van der Waals surface area contributed by atoms with Crippen molar-refractivity contribution in [3.8, 4) is 0 Å². The zero-order chi connectivity index (χ0) is 17.4. The fourth-order valence-electron chi connectivity index (χ4n) is 4.42. The lowest BCUT2D eigenvalue weighted by molar-refractivity contribution is -0.134. The summed E-state index contributed by atoms with van der Waals surface area (Å²) in [6.45, 7) is 6.50. The molecule has 0 unspecified atom stereocenters. The summed E-state index contributed by atoms with van der Waals surface area (Å²) >= 11 is 0. The van der Waals surface area contributed by atoms with E-state index < -0.39 is 0 Å². The van der Waals surface area contributed by atoms with Crippen molar-refractivity contribution < 1.29 is 4.79 Å². The number of carbonyl (C=O) groups is 1. The highest BCUT2D eigenvalue weighted by Crippen LogP contribution is 2.36. The summed E-state index contributed by atoms with van der Waals surface area (Å²) < 4.78 is 3.36. The Morgan fingerprint density at radius 2 is 1.77 bits per heavy atom. The Kier molecular flexibility index (Phi) is 5.44. The van der Waals surface area contributed by atoms with Crippen LogP contribution in [-0.4, -0.2) is 46.1 Å². The van der Waals surface area contributed by atoms with E-state index >= 15 is 0 Å². The van der Waals surface area contributed by atoms with Crippen molar-refractivity contribution >= 4 is 29.3 Å². The van der Waals surface area contributed by atoms with Gasteiger partial charge in [-0.1, -0.05) is 12.1 Å². The quantitative estimate of drug-likeness (QED) is 0.886. The number of benzene rings is 1. The number of hydrogen-bond donors (Lipinski definition) is 1. The molecule has 0 bridgehead atoms. The third-order valence-electron chi connectivity index (χ3n) is 6.04. The van der Waals surface area contributed by atoms with Gasteiger partial charge >= 0.3 is 5.69 Å². The van der Waals surface area contributed by atoms with Crippen LogP contribution in [0.5, 0.6) is 0 Å². The number of likely N-dealkylation sites (tertiary alicyclic amines) is 1. The number of imidazole rings is 1. The fraction of sp³-hybridized carbons (Fsp3) is 0.579. The number of hydrogen-bond acceptors (Lipinski definition) is 3. The van der Waals surface area contributed by atoms with Gasteiger partial charge in [0.15, 0.2) is 0 Å². The molecule has 1 spiro atoms. The molecular weight excluding hydrogens is 352 g/mol. The van der Waals surface area contributed by atoms with Gasteiger partial charge in [0.1, 0.15) is 6.54 Å². The minimum Gasteiger partial charge on any atom is -0.341 e. The predicted octanol–water partition coefficient (Wildman–Crippen LogP) is 1.85. The summed E-state index contributed by atoms with van der Waals surface area (Å²) in [6.07, 6.45) is 3.35. The number of carbonyl (C=O) groups excluding carboxylic acids is 1. The topological polar surface area (TPSA) is 59.3 Å².